The van der Waals surface area contributed by atoms with Crippen molar-refractivity contribution in [1.29, 1.82) is 0 Å². The molecule has 2 nitrogen and oxygen atoms in total. The van der Waals surface area contributed by atoms with Crippen LogP contribution in [-0.4, -0.2) is 37.1 Å². The van der Waals surface area contributed by atoms with Crippen molar-refractivity contribution in [3.63, 3.8) is 0 Å². The number of likely N-dealkylation sites (N-methyl/N-ethyl adjacent to an activating group) is 1. The molecular weight excluding hydrogens is 232 g/mol. The third-order valence-electron chi connectivity index (χ3n) is 5.82. The van der Waals surface area contributed by atoms with Gasteiger partial charge in [0, 0.05) is 18.1 Å². The van der Waals surface area contributed by atoms with Gasteiger partial charge in [-0.25, -0.2) is 0 Å². The van der Waals surface area contributed by atoms with Crippen molar-refractivity contribution in [2.75, 3.05) is 20.6 Å². The van der Waals surface area contributed by atoms with Gasteiger partial charge >= 0.3 is 0 Å². The lowest BCUT2D eigenvalue weighted by Crippen LogP contribution is -2.56. The molecule has 0 aromatic heterocycles. The van der Waals surface area contributed by atoms with E-state index in [9.17, 15) is 0 Å². The molecule has 2 heteroatoms. The molecule has 0 aromatic rings. The zero-order valence-electron chi connectivity index (χ0n) is 13.5. The van der Waals surface area contributed by atoms with Crippen LogP contribution in [0.5, 0.6) is 0 Å². The highest BCUT2D eigenvalue weighted by Crippen LogP contribution is 2.35. The van der Waals surface area contributed by atoms with Crippen molar-refractivity contribution in [2.24, 2.45) is 11.8 Å². The van der Waals surface area contributed by atoms with Gasteiger partial charge in [-0.2, -0.15) is 0 Å². The van der Waals surface area contributed by atoms with E-state index in [4.69, 9.17) is 0 Å². The Bertz CT molecular complexity index is 276. The van der Waals surface area contributed by atoms with Gasteiger partial charge in [0.1, 0.15) is 0 Å². The minimum Gasteiger partial charge on any atom is -0.312 e. The number of hydrogen-bond acceptors (Lipinski definition) is 2. The minimum absolute atomic E-state index is 0.412. The van der Waals surface area contributed by atoms with Gasteiger partial charge in [-0.1, -0.05) is 39.5 Å². The van der Waals surface area contributed by atoms with Gasteiger partial charge in [0.05, 0.1) is 0 Å². The van der Waals surface area contributed by atoms with E-state index in [2.05, 4.69) is 38.2 Å². The molecule has 4 atom stereocenters. The Morgan fingerprint density at radius 2 is 1.79 bits per heavy atom. The lowest BCUT2D eigenvalue weighted by atomic mass is 9.75. The average molecular weight is 266 g/mol. The summed E-state index contributed by atoms with van der Waals surface area (Å²) in [7, 11) is 4.56. The molecule has 112 valence electrons. The van der Waals surface area contributed by atoms with Gasteiger partial charge in [-0.05, 0) is 51.6 Å². The number of hydrogen-bond donors (Lipinski definition) is 1. The molecule has 0 bridgehead atoms. The van der Waals surface area contributed by atoms with Crippen LogP contribution in [0.2, 0.25) is 0 Å². The molecule has 1 N–H and O–H groups in total. The van der Waals surface area contributed by atoms with E-state index in [1.165, 1.54) is 57.9 Å². The Labute approximate surface area is 120 Å². The van der Waals surface area contributed by atoms with E-state index in [1.807, 2.05) is 0 Å². The minimum atomic E-state index is 0.412. The molecule has 4 unspecified atom stereocenters. The molecule has 2 rings (SSSR count). The Hall–Kier alpha value is -0.0800. The third kappa shape index (κ3) is 3.72. The molecule has 0 aliphatic heterocycles. The Kier molecular flexibility index (Phi) is 5.30. The van der Waals surface area contributed by atoms with Gasteiger partial charge in [0.15, 0.2) is 0 Å². The number of nitrogens with one attached hydrogen (secondary N) is 1. The summed E-state index contributed by atoms with van der Waals surface area (Å²) in [5, 5.41) is 3.94. The first-order valence-corrected chi connectivity index (χ1v) is 8.44. The monoisotopic (exact) mass is 266 g/mol. The van der Waals surface area contributed by atoms with Gasteiger partial charge < -0.3 is 10.2 Å². The van der Waals surface area contributed by atoms with Crippen LogP contribution in [-0.2, 0) is 0 Å². The second-order valence-electron chi connectivity index (χ2n) is 7.57. The fourth-order valence-electron chi connectivity index (χ4n) is 4.30. The molecule has 0 saturated heterocycles. The van der Waals surface area contributed by atoms with Gasteiger partial charge in [-0.3, -0.25) is 0 Å². The summed E-state index contributed by atoms with van der Waals surface area (Å²) in [6.45, 7) is 6.06. The van der Waals surface area contributed by atoms with Crippen molar-refractivity contribution < 1.29 is 0 Å². The Morgan fingerprint density at radius 3 is 2.42 bits per heavy atom. The van der Waals surface area contributed by atoms with Crippen LogP contribution < -0.4 is 5.32 Å². The number of nitrogens with zero attached hydrogens (tertiary/aromatic N) is 1. The second kappa shape index (κ2) is 6.58. The zero-order chi connectivity index (χ0) is 13.9. The SMILES string of the molecule is CC1CCCC(CNC2CCCCC2C)(N(C)C)C1. The van der Waals surface area contributed by atoms with E-state index in [1.54, 1.807) is 0 Å². The van der Waals surface area contributed by atoms with Crippen molar-refractivity contribution >= 4 is 0 Å². The molecule has 0 aromatic carbocycles. The summed E-state index contributed by atoms with van der Waals surface area (Å²) < 4.78 is 0. The van der Waals surface area contributed by atoms with Gasteiger partial charge in [-0.15, -0.1) is 0 Å². The van der Waals surface area contributed by atoms with Gasteiger partial charge in [0.2, 0.25) is 0 Å². The van der Waals surface area contributed by atoms with Crippen molar-refractivity contribution in [3.05, 3.63) is 0 Å². The smallest absolute Gasteiger partial charge is 0.0330 e. The van der Waals surface area contributed by atoms with Crippen molar-refractivity contribution in [1.82, 2.24) is 10.2 Å². The second-order valence-corrected chi connectivity index (χ2v) is 7.57. The first kappa shape index (κ1) is 15.3. The molecule has 0 amide bonds. The van der Waals surface area contributed by atoms with Crippen LogP contribution >= 0.6 is 0 Å². The summed E-state index contributed by atoms with van der Waals surface area (Å²) in [5.41, 5.74) is 0.412. The molecule has 2 saturated carbocycles. The molecule has 2 fully saturated rings. The first-order chi connectivity index (χ1) is 9.03. The average Bonchev–Trinajstić information content (AvgIpc) is 2.38. The lowest BCUT2D eigenvalue weighted by Gasteiger charge is -2.46. The topological polar surface area (TPSA) is 15.3 Å². The highest BCUT2D eigenvalue weighted by Gasteiger charge is 2.37. The largest absolute Gasteiger partial charge is 0.312 e. The quantitative estimate of drug-likeness (QED) is 0.835. The van der Waals surface area contributed by atoms with Crippen LogP contribution in [0.4, 0.5) is 0 Å². The van der Waals surface area contributed by atoms with Crippen LogP contribution in [0, 0.1) is 11.8 Å². The molecular formula is C17H34N2. The maximum Gasteiger partial charge on any atom is 0.0330 e. The fraction of sp³-hybridized carbons (Fsp3) is 1.00. The predicted octanol–water partition coefficient (Wildman–Crippen LogP) is 3.67. The first-order valence-electron chi connectivity index (χ1n) is 8.44. The number of rotatable bonds is 4. The van der Waals surface area contributed by atoms with E-state index in [0.717, 1.165) is 17.9 Å². The molecule has 0 spiro atoms. The highest BCUT2D eigenvalue weighted by molar-refractivity contribution is 4.96. The van der Waals surface area contributed by atoms with Crippen LogP contribution in [0.1, 0.15) is 65.2 Å². The maximum atomic E-state index is 3.94. The van der Waals surface area contributed by atoms with E-state index in [0.29, 0.717) is 5.54 Å². The Balaban J connectivity index is 1.93. The maximum absolute atomic E-state index is 3.94. The standard InChI is InChI=1S/C17H34N2/c1-14-8-7-11-17(12-14,19(3)4)13-18-16-10-6-5-9-15(16)2/h14-16,18H,5-13H2,1-4H3. The summed E-state index contributed by atoms with van der Waals surface area (Å²) >= 11 is 0. The normalized spacial score (nSPS) is 40.6. The summed E-state index contributed by atoms with van der Waals surface area (Å²) in [6.07, 6.45) is 11.2. The molecule has 19 heavy (non-hydrogen) atoms. The van der Waals surface area contributed by atoms with E-state index < -0.39 is 0 Å². The van der Waals surface area contributed by atoms with Crippen molar-refractivity contribution in [2.45, 2.75) is 76.8 Å². The Morgan fingerprint density at radius 1 is 1.05 bits per heavy atom. The highest BCUT2D eigenvalue weighted by atomic mass is 15.2. The molecule has 2 aliphatic rings. The summed E-state index contributed by atoms with van der Waals surface area (Å²) in [5.74, 6) is 1.76. The van der Waals surface area contributed by atoms with E-state index in [-0.39, 0.29) is 0 Å². The van der Waals surface area contributed by atoms with Crippen molar-refractivity contribution in [3.8, 4) is 0 Å². The zero-order valence-corrected chi connectivity index (χ0v) is 13.5. The summed E-state index contributed by atoms with van der Waals surface area (Å²) in [4.78, 5) is 2.50. The molecule has 0 heterocycles. The predicted molar refractivity (Wildman–Crippen MR) is 83.5 cm³/mol. The van der Waals surface area contributed by atoms with Gasteiger partial charge in [0.25, 0.3) is 0 Å². The fourth-order valence-corrected chi connectivity index (χ4v) is 4.30. The summed E-state index contributed by atoms with van der Waals surface area (Å²) in [6, 6.07) is 0.766. The van der Waals surface area contributed by atoms with Crippen LogP contribution in [0.3, 0.4) is 0 Å². The lowest BCUT2D eigenvalue weighted by molar-refractivity contribution is 0.0678. The van der Waals surface area contributed by atoms with Crippen LogP contribution in [0.15, 0.2) is 0 Å². The molecule has 0 radical (unpaired) electrons. The van der Waals surface area contributed by atoms with Crippen LogP contribution in [0.25, 0.3) is 0 Å². The molecule has 2 aliphatic carbocycles. The van der Waals surface area contributed by atoms with E-state index >= 15 is 0 Å². The third-order valence-corrected chi connectivity index (χ3v) is 5.82.